The maximum absolute atomic E-state index is 12.1. The van der Waals surface area contributed by atoms with E-state index < -0.39 is 23.2 Å². The molecule has 0 fully saturated rings. The fraction of sp³-hybridized carbons (Fsp3) is 0.143. The lowest BCUT2D eigenvalue weighted by atomic mass is 10.2. The van der Waals surface area contributed by atoms with E-state index in [2.05, 4.69) is 4.98 Å². The number of aldehydes is 1. The molecule has 1 rings (SSSR count). The van der Waals surface area contributed by atoms with Crippen LogP contribution in [0.3, 0.4) is 0 Å². The van der Waals surface area contributed by atoms with Gasteiger partial charge in [0.2, 0.25) is 0 Å². The Morgan fingerprint density at radius 3 is 2.54 bits per heavy atom. The van der Waals surface area contributed by atoms with Gasteiger partial charge < -0.3 is 5.11 Å². The topological polar surface area (TPSA) is 50.2 Å². The molecule has 0 aliphatic heterocycles. The van der Waals surface area contributed by atoms with Crippen LogP contribution in [0.5, 0.6) is 5.75 Å². The lowest BCUT2D eigenvalue weighted by Gasteiger charge is -2.07. The third-order valence-electron chi connectivity index (χ3n) is 1.30. The molecule has 0 amide bonds. The highest BCUT2D eigenvalue weighted by atomic mass is 19.4. The molecule has 0 radical (unpaired) electrons. The number of pyridine rings is 1. The smallest absolute Gasteiger partial charge is 0.434 e. The summed E-state index contributed by atoms with van der Waals surface area (Å²) in [6.45, 7) is 0. The van der Waals surface area contributed by atoms with E-state index in [-0.39, 0.29) is 6.29 Å². The van der Waals surface area contributed by atoms with Crippen LogP contribution in [0.4, 0.5) is 13.2 Å². The van der Waals surface area contributed by atoms with Gasteiger partial charge in [0.05, 0.1) is 6.20 Å². The molecule has 0 atom stereocenters. The number of halogens is 3. The molecule has 0 aromatic carbocycles. The molecule has 1 aromatic rings. The summed E-state index contributed by atoms with van der Waals surface area (Å²) in [4.78, 5) is 13.1. The largest absolute Gasteiger partial charge is 0.506 e. The maximum Gasteiger partial charge on any atom is 0.434 e. The van der Waals surface area contributed by atoms with E-state index in [1.165, 1.54) is 0 Å². The quantitative estimate of drug-likeness (QED) is 0.686. The minimum absolute atomic E-state index is 0.00442. The maximum atomic E-state index is 12.1. The first-order chi connectivity index (χ1) is 5.95. The van der Waals surface area contributed by atoms with Crippen LogP contribution in [0.25, 0.3) is 0 Å². The van der Waals surface area contributed by atoms with E-state index in [9.17, 15) is 18.0 Å². The van der Waals surface area contributed by atoms with Gasteiger partial charge in [0.25, 0.3) is 0 Å². The standard InChI is InChI=1S/C7H4F3NO2/c8-7(9,10)6-4(3-12)1-5(13)2-11-6/h1-3,13H. The minimum atomic E-state index is -4.68. The van der Waals surface area contributed by atoms with Crippen molar-refractivity contribution in [2.75, 3.05) is 0 Å². The number of rotatable bonds is 1. The van der Waals surface area contributed by atoms with Crippen LogP contribution in [0.1, 0.15) is 16.1 Å². The predicted molar refractivity (Wildman–Crippen MR) is 36.3 cm³/mol. The van der Waals surface area contributed by atoms with Crippen molar-refractivity contribution >= 4 is 6.29 Å². The number of carbonyl (C=O) groups excluding carboxylic acids is 1. The highest BCUT2D eigenvalue weighted by Gasteiger charge is 2.35. The highest BCUT2D eigenvalue weighted by molar-refractivity contribution is 5.77. The van der Waals surface area contributed by atoms with Gasteiger partial charge in [-0.15, -0.1) is 0 Å². The third kappa shape index (κ3) is 1.95. The second kappa shape index (κ2) is 3.04. The van der Waals surface area contributed by atoms with Crippen LogP contribution in [0.15, 0.2) is 12.3 Å². The minimum Gasteiger partial charge on any atom is -0.506 e. The molecule has 1 aromatic heterocycles. The summed E-state index contributed by atoms with van der Waals surface area (Å²) in [5.41, 5.74) is -1.96. The molecule has 0 saturated carbocycles. The molecular weight excluding hydrogens is 187 g/mol. The monoisotopic (exact) mass is 191 g/mol. The van der Waals surface area contributed by atoms with Crippen LogP contribution in [-0.2, 0) is 6.18 Å². The molecule has 0 bridgehead atoms. The molecule has 70 valence electrons. The zero-order valence-corrected chi connectivity index (χ0v) is 6.17. The van der Waals surface area contributed by atoms with E-state index in [0.29, 0.717) is 12.3 Å². The summed E-state index contributed by atoms with van der Waals surface area (Å²) >= 11 is 0. The first-order valence-electron chi connectivity index (χ1n) is 3.16. The van der Waals surface area contributed by atoms with E-state index in [4.69, 9.17) is 5.11 Å². The van der Waals surface area contributed by atoms with Gasteiger partial charge in [-0.3, -0.25) is 4.79 Å². The molecule has 6 heteroatoms. The van der Waals surface area contributed by atoms with Gasteiger partial charge in [0, 0.05) is 5.56 Å². The summed E-state index contributed by atoms with van der Waals surface area (Å²) in [6.07, 6.45) is -4.05. The number of alkyl halides is 3. The first kappa shape index (κ1) is 9.50. The predicted octanol–water partition coefficient (Wildman–Crippen LogP) is 1.62. The lowest BCUT2D eigenvalue weighted by Crippen LogP contribution is -2.11. The number of carbonyl (C=O) groups is 1. The van der Waals surface area contributed by atoms with Crippen LogP contribution < -0.4 is 0 Å². The summed E-state index contributed by atoms with van der Waals surface area (Å²) in [6, 6.07) is 0.711. The van der Waals surface area contributed by atoms with Gasteiger partial charge in [-0.2, -0.15) is 13.2 Å². The molecule has 1 heterocycles. The van der Waals surface area contributed by atoms with Crippen molar-refractivity contribution in [3.05, 3.63) is 23.5 Å². The Hall–Kier alpha value is -1.59. The molecule has 3 nitrogen and oxygen atoms in total. The lowest BCUT2D eigenvalue weighted by molar-refractivity contribution is -0.141. The zero-order valence-electron chi connectivity index (χ0n) is 6.17. The number of hydrogen-bond donors (Lipinski definition) is 1. The Morgan fingerprint density at radius 1 is 1.46 bits per heavy atom. The first-order valence-corrected chi connectivity index (χ1v) is 3.16. The number of aromatic hydroxyl groups is 1. The number of aromatic nitrogens is 1. The van der Waals surface area contributed by atoms with Gasteiger partial charge in [0.15, 0.2) is 12.0 Å². The van der Waals surface area contributed by atoms with Crippen molar-refractivity contribution in [2.24, 2.45) is 0 Å². The normalized spacial score (nSPS) is 11.3. The SMILES string of the molecule is O=Cc1cc(O)cnc1C(F)(F)F. The summed E-state index contributed by atoms with van der Waals surface area (Å²) in [5.74, 6) is -0.477. The van der Waals surface area contributed by atoms with Crippen molar-refractivity contribution < 1.29 is 23.1 Å². The fourth-order valence-electron chi connectivity index (χ4n) is 0.797. The molecule has 0 saturated heterocycles. The molecule has 0 unspecified atom stereocenters. The van der Waals surface area contributed by atoms with Crippen LogP contribution in [0, 0.1) is 0 Å². The summed E-state index contributed by atoms with van der Waals surface area (Å²) in [7, 11) is 0. The Bertz CT molecular complexity index is 335. The second-order valence-electron chi connectivity index (χ2n) is 2.25. The molecular formula is C7H4F3NO2. The van der Waals surface area contributed by atoms with Crippen LogP contribution in [-0.4, -0.2) is 16.4 Å². The van der Waals surface area contributed by atoms with Crippen LogP contribution in [0.2, 0.25) is 0 Å². The number of nitrogens with zero attached hydrogens (tertiary/aromatic N) is 1. The van der Waals surface area contributed by atoms with E-state index in [1.54, 1.807) is 0 Å². The number of hydrogen-bond acceptors (Lipinski definition) is 3. The average molecular weight is 191 g/mol. The molecule has 0 aliphatic rings. The van der Waals surface area contributed by atoms with Gasteiger partial charge in [-0.1, -0.05) is 0 Å². The average Bonchev–Trinajstić information content (AvgIpc) is 2.01. The summed E-state index contributed by atoms with van der Waals surface area (Å²) < 4.78 is 36.2. The van der Waals surface area contributed by atoms with Gasteiger partial charge in [-0.05, 0) is 6.07 Å². The van der Waals surface area contributed by atoms with Crippen molar-refractivity contribution in [1.82, 2.24) is 4.98 Å². The Labute approximate surface area is 70.8 Å². The van der Waals surface area contributed by atoms with Gasteiger partial charge in [-0.25, -0.2) is 4.98 Å². The van der Waals surface area contributed by atoms with Gasteiger partial charge >= 0.3 is 6.18 Å². The fourth-order valence-corrected chi connectivity index (χ4v) is 0.797. The Morgan fingerprint density at radius 2 is 2.08 bits per heavy atom. The molecule has 0 aliphatic carbocycles. The third-order valence-corrected chi connectivity index (χ3v) is 1.30. The van der Waals surface area contributed by atoms with Crippen molar-refractivity contribution in [2.45, 2.75) is 6.18 Å². The van der Waals surface area contributed by atoms with E-state index in [0.717, 1.165) is 0 Å². The van der Waals surface area contributed by atoms with Crippen LogP contribution >= 0.6 is 0 Å². The van der Waals surface area contributed by atoms with Crippen molar-refractivity contribution in [3.8, 4) is 5.75 Å². The zero-order chi connectivity index (χ0) is 10.1. The van der Waals surface area contributed by atoms with Crippen molar-refractivity contribution in [1.29, 1.82) is 0 Å². The Kier molecular flexibility index (Phi) is 2.22. The summed E-state index contributed by atoms with van der Waals surface area (Å²) in [5, 5.41) is 8.75. The van der Waals surface area contributed by atoms with E-state index >= 15 is 0 Å². The molecule has 0 spiro atoms. The Balaban J connectivity index is 3.29. The second-order valence-corrected chi connectivity index (χ2v) is 2.25. The highest BCUT2D eigenvalue weighted by Crippen LogP contribution is 2.30. The van der Waals surface area contributed by atoms with E-state index in [1.807, 2.05) is 0 Å². The molecule has 13 heavy (non-hydrogen) atoms. The molecule has 1 N–H and O–H groups in total. The van der Waals surface area contributed by atoms with Crippen molar-refractivity contribution in [3.63, 3.8) is 0 Å². The van der Waals surface area contributed by atoms with Gasteiger partial charge in [0.1, 0.15) is 5.75 Å².